The van der Waals surface area contributed by atoms with Crippen molar-refractivity contribution in [2.45, 2.75) is 24.0 Å². The van der Waals surface area contributed by atoms with Crippen LogP contribution >= 0.6 is 23.1 Å². The van der Waals surface area contributed by atoms with Crippen LogP contribution in [-0.2, 0) is 4.79 Å². The number of anilines is 2. The number of carbonyl (C=O) groups is 2. The lowest BCUT2D eigenvalue weighted by atomic mass is 10.1. The number of nitro groups is 1. The number of aryl methyl sites for hydroxylation is 1. The van der Waals surface area contributed by atoms with E-state index in [-0.39, 0.29) is 17.5 Å². The third-order valence-electron chi connectivity index (χ3n) is 5.17. The van der Waals surface area contributed by atoms with Crippen molar-refractivity contribution in [1.82, 2.24) is 4.98 Å². The summed E-state index contributed by atoms with van der Waals surface area (Å²) in [4.78, 5) is 41.1. The van der Waals surface area contributed by atoms with Crippen LogP contribution < -0.4 is 10.6 Å². The summed E-state index contributed by atoms with van der Waals surface area (Å²) in [5, 5.41) is 18.4. The number of hydrogen-bond donors (Lipinski definition) is 2. The molecule has 0 radical (unpaired) electrons. The fourth-order valence-electron chi connectivity index (χ4n) is 3.26. The molecule has 182 valence electrons. The van der Waals surface area contributed by atoms with Crippen molar-refractivity contribution in [3.8, 4) is 11.3 Å². The Hall–Kier alpha value is -4.02. The SMILES string of the molecule is Cc1ccc(C(=O)Nc2cccc(SC(C)C(=O)Nc3nc(-c4cccc([N+](=O)[O-])c4)cs3)c2)cc1. The van der Waals surface area contributed by atoms with Crippen LogP contribution in [0.4, 0.5) is 16.5 Å². The Morgan fingerprint density at radius 2 is 1.78 bits per heavy atom. The van der Waals surface area contributed by atoms with Crippen molar-refractivity contribution >= 4 is 51.4 Å². The Morgan fingerprint density at radius 1 is 1.03 bits per heavy atom. The molecule has 0 aliphatic heterocycles. The van der Waals surface area contributed by atoms with Crippen LogP contribution in [0.3, 0.4) is 0 Å². The molecule has 8 nitrogen and oxygen atoms in total. The van der Waals surface area contributed by atoms with E-state index in [1.165, 1.54) is 35.2 Å². The summed E-state index contributed by atoms with van der Waals surface area (Å²) in [5.74, 6) is -0.430. The molecule has 4 rings (SSSR count). The van der Waals surface area contributed by atoms with Gasteiger partial charge in [0.2, 0.25) is 5.91 Å². The summed E-state index contributed by atoms with van der Waals surface area (Å²) in [6, 6.07) is 20.8. The normalized spacial score (nSPS) is 11.5. The minimum Gasteiger partial charge on any atom is -0.322 e. The minimum absolute atomic E-state index is 0.0200. The standard InChI is InChI=1S/C26H22N4O4S2/c1-16-9-11-18(12-10-16)25(32)27-20-6-4-8-22(14-20)36-17(2)24(31)29-26-28-23(15-35-26)19-5-3-7-21(13-19)30(33)34/h3-15,17H,1-2H3,(H,27,32)(H,28,29,31). The number of nitrogens with one attached hydrogen (secondary N) is 2. The van der Waals surface area contributed by atoms with Crippen molar-refractivity contribution in [3.63, 3.8) is 0 Å². The average Bonchev–Trinajstić information content (AvgIpc) is 3.33. The van der Waals surface area contributed by atoms with Gasteiger partial charge in [-0.15, -0.1) is 23.1 Å². The van der Waals surface area contributed by atoms with Gasteiger partial charge >= 0.3 is 0 Å². The van der Waals surface area contributed by atoms with Crippen molar-refractivity contribution in [2.75, 3.05) is 10.6 Å². The molecule has 0 aliphatic rings. The number of thiazole rings is 1. The topological polar surface area (TPSA) is 114 Å². The molecule has 4 aromatic rings. The minimum atomic E-state index is -0.458. The lowest BCUT2D eigenvalue weighted by Gasteiger charge is -2.12. The monoisotopic (exact) mass is 518 g/mol. The summed E-state index contributed by atoms with van der Waals surface area (Å²) in [7, 11) is 0. The predicted octanol–water partition coefficient (Wildman–Crippen LogP) is 6.40. The van der Waals surface area contributed by atoms with Gasteiger partial charge in [-0.3, -0.25) is 19.7 Å². The van der Waals surface area contributed by atoms with E-state index in [0.717, 1.165) is 10.5 Å². The smallest absolute Gasteiger partial charge is 0.270 e. The first-order valence-corrected chi connectivity index (χ1v) is 12.7. The van der Waals surface area contributed by atoms with Gasteiger partial charge in [0.25, 0.3) is 11.6 Å². The van der Waals surface area contributed by atoms with E-state index < -0.39 is 10.2 Å². The fraction of sp³-hybridized carbons (Fsp3) is 0.115. The molecule has 0 saturated carbocycles. The second kappa shape index (κ2) is 11.1. The maximum absolute atomic E-state index is 12.8. The Balaban J connectivity index is 1.37. The van der Waals surface area contributed by atoms with Crippen LogP contribution in [0, 0.1) is 17.0 Å². The Bertz CT molecular complexity index is 1420. The predicted molar refractivity (Wildman–Crippen MR) is 144 cm³/mol. The van der Waals surface area contributed by atoms with Crippen LogP contribution in [0.5, 0.6) is 0 Å². The molecule has 1 atom stereocenters. The maximum Gasteiger partial charge on any atom is 0.270 e. The van der Waals surface area contributed by atoms with Gasteiger partial charge in [0.1, 0.15) is 0 Å². The van der Waals surface area contributed by atoms with Gasteiger partial charge in [0.15, 0.2) is 5.13 Å². The quantitative estimate of drug-likeness (QED) is 0.158. The molecule has 1 heterocycles. The van der Waals surface area contributed by atoms with Gasteiger partial charge in [-0.1, -0.05) is 35.9 Å². The number of aromatic nitrogens is 1. The van der Waals surface area contributed by atoms with E-state index in [4.69, 9.17) is 0 Å². The first-order chi connectivity index (χ1) is 17.3. The molecule has 0 bridgehead atoms. The lowest BCUT2D eigenvalue weighted by Crippen LogP contribution is -2.22. The summed E-state index contributed by atoms with van der Waals surface area (Å²) in [5.41, 5.74) is 3.42. The molecule has 0 aliphatic carbocycles. The molecule has 0 saturated heterocycles. The largest absolute Gasteiger partial charge is 0.322 e. The number of nitrogens with zero attached hydrogens (tertiary/aromatic N) is 2. The number of non-ortho nitro benzene ring substituents is 1. The molecule has 1 unspecified atom stereocenters. The molecular formula is C26H22N4O4S2. The van der Waals surface area contributed by atoms with Crippen LogP contribution in [0.15, 0.2) is 83.1 Å². The number of nitro benzene ring substituents is 1. The number of thioether (sulfide) groups is 1. The molecule has 2 N–H and O–H groups in total. The van der Waals surface area contributed by atoms with E-state index in [9.17, 15) is 19.7 Å². The molecule has 1 aromatic heterocycles. The Kier molecular flexibility index (Phi) is 7.77. The highest BCUT2D eigenvalue weighted by molar-refractivity contribution is 8.00. The van der Waals surface area contributed by atoms with Gasteiger partial charge in [0, 0.05) is 39.2 Å². The number of carbonyl (C=O) groups excluding carboxylic acids is 2. The van der Waals surface area contributed by atoms with E-state index in [0.29, 0.717) is 27.6 Å². The lowest BCUT2D eigenvalue weighted by molar-refractivity contribution is -0.384. The second-order valence-corrected chi connectivity index (χ2v) is 10.2. The molecule has 3 aromatic carbocycles. The summed E-state index contributed by atoms with van der Waals surface area (Å²) in [6.45, 7) is 3.75. The van der Waals surface area contributed by atoms with Crippen molar-refractivity contribution < 1.29 is 14.5 Å². The number of hydrogen-bond acceptors (Lipinski definition) is 7. The average molecular weight is 519 g/mol. The number of rotatable bonds is 8. The first-order valence-electron chi connectivity index (χ1n) is 10.9. The Labute approximate surface area is 215 Å². The second-order valence-electron chi connectivity index (χ2n) is 7.94. The highest BCUT2D eigenvalue weighted by Gasteiger charge is 2.17. The van der Waals surface area contributed by atoms with Crippen LogP contribution in [0.1, 0.15) is 22.8 Å². The van der Waals surface area contributed by atoms with E-state index in [2.05, 4.69) is 15.6 Å². The molecule has 0 fully saturated rings. The van der Waals surface area contributed by atoms with Gasteiger partial charge in [-0.25, -0.2) is 4.98 Å². The highest BCUT2D eigenvalue weighted by atomic mass is 32.2. The zero-order chi connectivity index (χ0) is 25.7. The van der Waals surface area contributed by atoms with Gasteiger partial charge in [0.05, 0.1) is 15.9 Å². The third kappa shape index (κ3) is 6.35. The highest BCUT2D eigenvalue weighted by Crippen LogP contribution is 2.30. The van der Waals surface area contributed by atoms with Crippen LogP contribution in [0.25, 0.3) is 11.3 Å². The maximum atomic E-state index is 12.8. The van der Waals surface area contributed by atoms with Crippen molar-refractivity contribution in [2.24, 2.45) is 0 Å². The van der Waals surface area contributed by atoms with Crippen molar-refractivity contribution in [3.05, 3.63) is 99.4 Å². The zero-order valence-electron chi connectivity index (χ0n) is 19.4. The first kappa shape index (κ1) is 25.1. The third-order valence-corrected chi connectivity index (χ3v) is 7.03. The Morgan fingerprint density at radius 3 is 2.53 bits per heavy atom. The molecule has 2 amide bonds. The van der Waals surface area contributed by atoms with Gasteiger partial charge in [-0.05, 0) is 44.2 Å². The summed E-state index contributed by atoms with van der Waals surface area (Å²) < 4.78 is 0. The number of benzene rings is 3. The number of amides is 2. The van der Waals surface area contributed by atoms with Crippen LogP contribution in [0.2, 0.25) is 0 Å². The fourth-order valence-corrected chi connectivity index (χ4v) is 4.91. The van der Waals surface area contributed by atoms with Crippen molar-refractivity contribution in [1.29, 1.82) is 0 Å². The van der Waals surface area contributed by atoms with Gasteiger partial charge < -0.3 is 10.6 Å². The molecule has 10 heteroatoms. The van der Waals surface area contributed by atoms with Gasteiger partial charge in [-0.2, -0.15) is 0 Å². The summed E-state index contributed by atoms with van der Waals surface area (Å²) >= 11 is 2.61. The molecule has 36 heavy (non-hydrogen) atoms. The molecular weight excluding hydrogens is 496 g/mol. The summed E-state index contributed by atoms with van der Waals surface area (Å²) in [6.07, 6.45) is 0. The van der Waals surface area contributed by atoms with E-state index in [1.54, 1.807) is 42.6 Å². The van der Waals surface area contributed by atoms with E-state index in [1.807, 2.05) is 37.3 Å². The van der Waals surface area contributed by atoms with E-state index >= 15 is 0 Å². The van der Waals surface area contributed by atoms with Crippen LogP contribution in [-0.4, -0.2) is 27.0 Å². The zero-order valence-corrected chi connectivity index (χ0v) is 21.1. The molecule has 0 spiro atoms.